The highest BCUT2D eigenvalue weighted by atomic mass is 32.2. The van der Waals surface area contributed by atoms with Crippen molar-refractivity contribution in [3.63, 3.8) is 0 Å². The Morgan fingerprint density at radius 1 is 0.893 bits per heavy atom. The predicted octanol–water partition coefficient (Wildman–Crippen LogP) is -1.49. The van der Waals surface area contributed by atoms with Crippen molar-refractivity contribution >= 4 is 41.4 Å². The molecule has 0 rings (SSSR count). The normalized spacial score (nSPS) is 14.9. The molecule has 4 unspecified atom stereocenters. The van der Waals surface area contributed by atoms with Gasteiger partial charge in [0.15, 0.2) is 0 Å². The molecule has 0 bridgehead atoms. The Hall–Kier alpha value is -2.34. The van der Waals surface area contributed by atoms with Gasteiger partial charge >= 0.3 is 11.9 Å². The summed E-state index contributed by atoms with van der Waals surface area (Å²) in [6, 6.07) is -4.30. The zero-order chi connectivity index (χ0) is 21.9. The van der Waals surface area contributed by atoms with E-state index in [1.54, 1.807) is 0 Å². The molecule has 12 heteroatoms. The minimum Gasteiger partial charge on any atom is -0.481 e. The summed E-state index contributed by atoms with van der Waals surface area (Å²) in [5, 5.41) is 24.6. The van der Waals surface area contributed by atoms with Gasteiger partial charge in [-0.2, -0.15) is 11.8 Å². The van der Waals surface area contributed by atoms with Crippen LogP contribution in [0.4, 0.5) is 0 Å². The number of nitrogens with two attached hydrogens (primary N) is 1. The fourth-order valence-corrected chi connectivity index (χ4v) is 2.46. The smallest absolute Gasteiger partial charge is 0.325 e. The van der Waals surface area contributed by atoms with Crippen LogP contribution in [0.2, 0.25) is 0 Å². The molecule has 3 amide bonds. The summed E-state index contributed by atoms with van der Waals surface area (Å²) in [4.78, 5) is 58.1. The van der Waals surface area contributed by atoms with Crippen molar-refractivity contribution in [3.05, 3.63) is 0 Å². The molecule has 0 aliphatic carbocycles. The van der Waals surface area contributed by atoms with Crippen LogP contribution in [-0.2, 0) is 24.0 Å². The molecule has 0 radical (unpaired) electrons. The van der Waals surface area contributed by atoms with Gasteiger partial charge in [0.05, 0.1) is 6.04 Å². The van der Waals surface area contributed by atoms with E-state index in [9.17, 15) is 24.0 Å². The number of aliphatic carboxylic acids is 2. The van der Waals surface area contributed by atoms with Crippen LogP contribution in [0.25, 0.3) is 0 Å². The van der Waals surface area contributed by atoms with Crippen LogP contribution in [0.15, 0.2) is 0 Å². The summed E-state index contributed by atoms with van der Waals surface area (Å²) in [6.45, 7) is 2.60. The van der Waals surface area contributed by atoms with Gasteiger partial charge in [-0.3, -0.25) is 24.0 Å². The van der Waals surface area contributed by atoms with Crippen molar-refractivity contribution in [3.8, 4) is 0 Å². The van der Waals surface area contributed by atoms with E-state index < -0.39 is 53.8 Å². The zero-order valence-electron chi connectivity index (χ0n) is 16.1. The monoisotopic (exact) mass is 420 g/mol. The third kappa shape index (κ3) is 10.1. The van der Waals surface area contributed by atoms with Crippen LogP contribution >= 0.6 is 11.8 Å². The van der Waals surface area contributed by atoms with Gasteiger partial charge in [0.1, 0.15) is 18.1 Å². The summed E-state index contributed by atoms with van der Waals surface area (Å²) in [6.07, 6.45) is 1.66. The molecule has 0 heterocycles. The Labute approximate surface area is 167 Å². The summed E-state index contributed by atoms with van der Waals surface area (Å²) < 4.78 is 0. The molecule has 0 aromatic heterocycles. The number of carbonyl (C=O) groups is 5. The molecule has 0 saturated carbocycles. The van der Waals surface area contributed by atoms with Crippen molar-refractivity contribution in [2.75, 3.05) is 12.0 Å². The highest BCUT2D eigenvalue weighted by Gasteiger charge is 2.27. The lowest BCUT2D eigenvalue weighted by atomic mass is 10.1. The van der Waals surface area contributed by atoms with E-state index >= 15 is 0 Å². The maximum absolute atomic E-state index is 12.4. The van der Waals surface area contributed by atoms with Crippen molar-refractivity contribution in [2.24, 2.45) is 5.73 Å². The standard InChI is InChI=1S/C16H28N4O7S/c1-8(13(23)19-9(2)16(26)27)18-15(25)11(4-5-12(21)22)20-14(24)10(17)6-7-28-3/h8-11H,4-7,17H2,1-3H3,(H,18,25)(H,19,23)(H,20,24)(H,21,22)(H,26,27). The first kappa shape index (κ1) is 25.7. The highest BCUT2D eigenvalue weighted by molar-refractivity contribution is 7.98. The number of amides is 3. The molecule has 160 valence electrons. The molecule has 0 saturated heterocycles. The van der Waals surface area contributed by atoms with Crippen LogP contribution < -0.4 is 21.7 Å². The van der Waals surface area contributed by atoms with E-state index in [-0.39, 0.29) is 12.8 Å². The van der Waals surface area contributed by atoms with E-state index in [1.807, 2.05) is 6.26 Å². The number of hydrogen-bond acceptors (Lipinski definition) is 7. The summed E-state index contributed by atoms with van der Waals surface area (Å²) in [5.41, 5.74) is 5.75. The fraction of sp³-hybridized carbons (Fsp3) is 0.688. The third-order valence-corrected chi connectivity index (χ3v) is 4.37. The van der Waals surface area contributed by atoms with Gasteiger partial charge in [-0.1, -0.05) is 0 Å². The lowest BCUT2D eigenvalue weighted by molar-refractivity contribution is -0.141. The van der Waals surface area contributed by atoms with Gasteiger partial charge in [0.25, 0.3) is 0 Å². The molecule has 7 N–H and O–H groups in total. The predicted molar refractivity (Wildman–Crippen MR) is 103 cm³/mol. The van der Waals surface area contributed by atoms with Crippen molar-refractivity contribution in [1.29, 1.82) is 0 Å². The molecule has 0 aliphatic rings. The molecule has 0 aromatic rings. The first-order chi connectivity index (χ1) is 13.0. The third-order valence-electron chi connectivity index (χ3n) is 3.73. The second-order valence-electron chi connectivity index (χ2n) is 6.18. The number of carboxylic acids is 2. The quantitative estimate of drug-likeness (QED) is 0.206. The number of carboxylic acid groups (broad SMARTS) is 2. The van der Waals surface area contributed by atoms with Crippen molar-refractivity contribution in [1.82, 2.24) is 16.0 Å². The number of hydrogen-bond donors (Lipinski definition) is 6. The van der Waals surface area contributed by atoms with Crippen molar-refractivity contribution in [2.45, 2.75) is 57.3 Å². The second-order valence-corrected chi connectivity index (χ2v) is 7.17. The zero-order valence-corrected chi connectivity index (χ0v) is 16.9. The Morgan fingerprint density at radius 2 is 1.46 bits per heavy atom. The SMILES string of the molecule is CSCCC(N)C(=O)NC(CCC(=O)O)C(=O)NC(C)C(=O)NC(C)C(=O)O. The van der Waals surface area contributed by atoms with Gasteiger partial charge in [0, 0.05) is 6.42 Å². The number of nitrogens with one attached hydrogen (secondary N) is 3. The fourth-order valence-electron chi connectivity index (χ4n) is 1.97. The Bertz CT molecular complexity index is 587. The molecule has 0 aromatic carbocycles. The van der Waals surface area contributed by atoms with E-state index in [2.05, 4.69) is 16.0 Å². The molecule has 28 heavy (non-hydrogen) atoms. The van der Waals surface area contributed by atoms with E-state index in [1.165, 1.54) is 25.6 Å². The molecule has 0 spiro atoms. The molecule has 11 nitrogen and oxygen atoms in total. The molecule has 4 atom stereocenters. The average molecular weight is 420 g/mol. The van der Waals surface area contributed by atoms with E-state index in [0.717, 1.165) is 0 Å². The first-order valence-corrected chi connectivity index (χ1v) is 9.99. The number of thioether (sulfide) groups is 1. The minimum absolute atomic E-state index is 0.192. The topological polar surface area (TPSA) is 188 Å². The first-order valence-electron chi connectivity index (χ1n) is 8.59. The summed E-state index contributed by atoms with van der Waals surface area (Å²) in [5.74, 6) is -3.85. The molecule has 0 aliphatic heterocycles. The van der Waals surface area contributed by atoms with Crippen LogP contribution in [0.3, 0.4) is 0 Å². The summed E-state index contributed by atoms with van der Waals surface area (Å²) >= 11 is 1.50. The Morgan fingerprint density at radius 3 is 1.96 bits per heavy atom. The lowest BCUT2D eigenvalue weighted by Gasteiger charge is -2.22. The molecule has 0 fully saturated rings. The molecular formula is C16H28N4O7S. The van der Waals surface area contributed by atoms with Gasteiger partial charge in [-0.25, -0.2) is 0 Å². The lowest BCUT2D eigenvalue weighted by Crippen LogP contribution is -2.56. The van der Waals surface area contributed by atoms with E-state index in [0.29, 0.717) is 12.2 Å². The van der Waals surface area contributed by atoms with Gasteiger partial charge in [-0.05, 0) is 38.7 Å². The Balaban J connectivity index is 4.95. The van der Waals surface area contributed by atoms with Gasteiger partial charge in [0.2, 0.25) is 17.7 Å². The average Bonchev–Trinajstić information content (AvgIpc) is 2.61. The maximum Gasteiger partial charge on any atom is 0.325 e. The highest BCUT2D eigenvalue weighted by Crippen LogP contribution is 2.03. The number of rotatable bonds is 13. The second kappa shape index (κ2) is 12.9. The van der Waals surface area contributed by atoms with E-state index in [4.69, 9.17) is 15.9 Å². The maximum atomic E-state index is 12.4. The van der Waals surface area contributed by atoms with Gasteiger partial charge < -0.3 is 31.9 Å². The van der Waals surface area contributed by atoms with Crippen LogP contribution in [0.1, 0.15) is 33.1 Å². The molecular weight excluding hydrogens is 392 g/mol. The largest absolute Gasteiger partial charge is 0.481 e. The van der Waals surface area contributed by atoms with Crippen molar-refractivity contribution < 1.29 is 34.2 Å². The van der Waals surface area contributed by atoms with Crippen LogP contribution in [-0.4, -0.2) is 76.0 Å². The van der Waals surface area contributed by atoms with Gasteiger partial charge in [-0.15, -0.1) is 0 Å². The van der Waals surface area contributed by atoms with Crippen LogP contribution in [0, 0.1) is 0 Å². The minimum atomic E-state index is -1.24. The summed E-state index contributed by atoms with van der Waals surface area (Å²) in [7, 11) is 0. The number of carbonyl (C=O) groups excluding carboxylic acids is 3. The Kier molecular flexibility index (Phi) is 11.9. The van der Waals surface area contributed by atoms with Crippen LogP contribution in [0.5, 0.6) is 0 Å².